The van der Waals surface area contributed by atoms with Crippen LogP contribution < -0.4 is 10.6 Å². The Morgan fingerprint density at radius 2 is 2.19 bits per heavy atom. The van der Waals surface area contributed by atoms with Crippen LogP contribution in [0.3, 0.4) is 0 Å². The lowest BCUT2D eigenvalue weighted by atomic mass is 10.1. The minimum atomic E-state index is 0.204. The zero-order chi connectivity index (χ0) is 11.2. The maximum atomic E-state index is 11.0. The number of carbonyl (C=O) groups excluding carboxylic acids is 1. The highest BCUT2D eigenvalue weighted by Crippen LogP contribution is 2.07. The predicted molar refractivity (Wildman–Crippen MR) is 64.3 cm³/mol. The highest BCUT2D eigenvalue weighted by Gasteiger charge is 2.17. The number of nitrogens with one attached hydrogen (secondary N) is 2. The zero-order valence-corrected chi connectivity index (χ0v) is 10.0. The van der Waals surface area contributed by atoms with E-state index >= 15 is 0 Å². The molecule has 2 heterocycles. The van der Waals surface area contributed by atoms with Gasteiger partial charge >= 0.3 is 0 Å². The van der Waals surface area contributed by atoms with Gasteiger partial charge in [0, 0.05) is 19.0 Å². The maximum absolute atomic E-state index is 11.0. The molecule has 2 saturated heterocycles. The van der Waals surface area contributed by atoms with Gasteiger partial charge in [0.2, 0.25) is 5.91 Å². The Hall–Kier alpha value is -0.610. The summed E-state index contributed by atoms with van der Waals surface area (Å²) in [7, 11) is 0. The molecule has 2 N–H and O–H groups in total. The van der Waals surface area contributed by atoms with Gasteiger partial charge in [-0.05, 0) is 51.9 Å². The largest absolute Gasteiger partial charge is 0.355 e. The molecule has 4 heteroatoms. The second kappa shape index (κ2) is 6.21. The van der Waals surface area contributed by atoms with Crippen LogP contribution in [0.15, 0.2) is 0 Å². The molecule has 0 radical (unpaired) electrons. The first-order chi connectivity index (χ1) is 7.84. The number of likely N-dealkylation sites (tertiary alicyclic amines) is 1. The lowest BCUT2D eigenvalue weighted by Crippen LogP contribution is -2.46. The predicted octanol–water partition coefficient (Wildman–Crippen LogP) is 0.341. The minimum Gasteiger partial charge on any atom is -0.355 e. The summed E-state index contributed by atoms with van der Waals surface area (Å²) >= 11 is 0. The van der Waals surface area contributed by atoms with Gasteiger partial charge in [-0.1, -0.05) is 0 Å². The second-order valence-corrected chi connectivity index (χ2v) is 4.90. The van der Waals surface area contributed by atoms with Crippen molar-refractivity contribution < 1.29 is 4.79 Å². The van der Waals surface area contributed by atoms with E-state index in [4.69, 9.17) is 0 Å². The van der Waals surface area contributed by atoms with Gasteiger partial charge in [0.05, 0.1) is 0 Å². The molecule has 16 heavy (non-hydrogen) atoms. The molecule has 0 aromatic carbocycles. The average Bonchev–Trinajstić information content (AvgIpc) is 2.80. The maximum Gasteiger partial charge on any atom is 0.220 e. The van der Waals surface area contributed by atoms with Gasteiger partial charge in [-0.25, -0.2) is 0 Å². The second-order valence-electron chi connectivity index (χ2n) is 4.90. The standard InChI is InChI=1S/C12H23N3O/c16-12-5-4-11(10-14-12)13-6-3-9-15-7-1-2-8-15/h11,13H,1-10H2,(H,14,16). The third kappa shape index (κ3) is 3.76. The molecule has 4 nitrogen and oxygen atoms in total. The SMILES string of the molecule is O=C1CCC(NCCCN2CCCC2)CN1. The first kappa shape index (κ1) is 11.9. The van der Waals surface area contributed by atoms with Crippen molar-refractivity contribution in [1.82, 2.24) is 15.5 Å². The molecule has 1 amide bonds. The lowest BCUT2D eigenvalue weighted by Gasteiger charge is -2.24. The van der Waals surface area contributed by atoms with Crippen LogP contribution in [0, 0.1) is 0 Å². The highest BCUT2D eigenvalue weighted by molar-refractivity contribution is 5.76. The lowest BCUT2D eigenvalue weighted by molar-refractivity contribution is -0.122. The van der Waals surface area contributed by atoms with Gasteiger partial charge < -0.3 is 15.5 Å². The quantitative estimate of drug-likeness (QED) is 0.663. The summed E-state index contributed by atoms with van der Waals surface area (Å²) in [5.74, 6) is 0.204. The number of hydrogen-bond donors (Lipinski definition) is 2. The Bertz CT molecular complexity index is 216. The number of rotatable bonds is 5. The Morgan fingerprint density at radius 3 is 2.88 bits per heavy atom. The van der Waals surface area contributed by atoms with E-state index in [1.54, 1.807) is 0 Å². The molecular weight excluding hydrogens is 202 g/mol. The van der Waals surface area contributed by atoms with Gasteiger partial charge in [-0.15, -0.1) is 0 Å². The Labute approximate surface area is 97.8 Å². The van der Waals surface area contributed by atoms with Gasteiger partial charge in [-0.3, -0.25) is 4.79 Å². The smallest absolute Gasteiger partial charge is 0.220 e. The highest BCUT2D eigenvalue weighted by atomic mass is 16.1. The first-order valence-corrected chi connectivity index (χ1v) is 6.57. The molecule has 1 atom stereocenters. The third-order valence-electron chi connectivity index (χ3n) is 3.55. The first-order valence-electron chi connectivity index (χ1n) is 6.57. The van der Waals surface area contributed by atoms with Crippen molar-refractivity contribution >= 4 is 5.91 Å². The number of piperidine rings is 1. The number of nitrogens with zero attached hydrogens (tertiary/aromatic N) is 1. The molecular formula is C12H23N3O. The molecule has 2 aliphatic heterocycles. The van der Waals surface area contributed by atoms with Crippen LogP contribution in [0.4, 0.5) is 0 Å². The summed E-state index contributed by atoms with van der Waals surface area (Å²) in [6.07, 6.45) is 5.66. The van der Waals surface area contributed by atoms with Crippen LogP contribution in [-0.2, 0) is 4.79 Å². The number of amides is 1. The van der Waals surface area contributed by atoms with Crippen LogP contribution in [0.25, 0.3) is 0 Å². The van der Waals surface area contributed by atoms with Gasteiger partial charge in [0.25, 0.3) is 0 Å². The van der Waals surface area contributed by atoms with Crippen LogP contribution in [0.2, 0.25) is 0 Å². The molecule has 0 aromatic heterocycles. The van der Waals surface area contributed by atoms with Gasteiger partial charge in [-0.2, -0.15) is 0 Å². The molecule has 2 aliphatic rings. The van der Waals surface area contributed by atoms with E-state index < -0.39 is 0 Å². The molecule has 1 unspecified atom stereocenters. The van der Waals surface area contributed by atoms with Crippen LogP contribution >= 0.6 is 0 Å². The van der Waals surface area contributed by atoms with E-state index in [0.717, 1.165) is 19.5 Å². The molecule has 2 fully saturated rings. The summed E-state index contributed by atoms with van der Waals surface area (Å²) in [5.41, 5.74) is 0. The zero-order valence-electron chi connectivity index (χ0n) is 10.0. The summed E-state index contributed by atoms with van der Waals surface area (Å²) in [6.45, 7) is 5.70. The van der Waals surface area contributed by atoms with Crippen LogP contribution in [-0.4, -0.2) is 49.6 Å². The van der Waals surface area contributed by atoms with Gasteiger partial charge in [0.1, 0.15) is 0 Å². The van der Waals surface area contributed by atoms with E-state index in [1.165, 1.54) is 38.9 Å². The Morgan fingerprint density at radius 1 is 1.38 bits per heavy atom. The van der Waals surface area contributed by atoms with Crippen molar-refractivity contribution in [1.29, 1.82) is 0 Å². The molecule has 0 aromatic rings. The van der Waals surface area contributed by atoms with Crippen molar-refractivity contribution in [3.05, 3.63) is 0 Å². The number of carbonyl (C=O) groups is 1. The molecule has 0 spiro atoms. The van der Waals surface area contributed by atoms with Gasteiger partial charge in [0.15, 0.2) is 0 Å². The third-order valence-corrected chi connectivity index (χ3v) is 3.55. The van der Waals surface area contributed by atoms with E-state index in [2.05, 4.69) is 15.5 Å². The van der Waals surface area contributed by atoms with Crippen molar-refractivity contribution in [2.45, 2.75) is 38.1 Å². The molecule has 0 saturated carbocycles. The van der Waals surface area contributed by atoms with E-state index in [-0.39, 0.29) is 5.91 Å². The van der Waals surface area contributed by atoms with Crippen LogP contribution in [0.1, 0.15) is 32.1 Å². The molecule has 2 rings (SSSR count). The van der Waals surface area contributed by atoms with E-state index in [9.17, 15) is 4.79 Å². The summed E-state index contributed by atoms with van der Waals surface area (Å²) in [4.78, 5) is 13.5. The molecule has 92 valence electrons. The van der Waals surface area contributed by atoms with Crippen molar-refractivity contribution in [2.75, 3.05) is 32.7 Å². The summed E-state index contributed by atoms with van der Waals surface area (Å²) in [6, 6.07) is 0.497. The fourth-order valence-corrected chi connectivity index (χ4v) is 2.52. The Balaban J connectivity index is 1.49. The van der Waals surface area contributed by atoms with Crippen molar-refractivity contribution in [3.8, 4) is 0 Å². The average molecular weight is 225 g/mol. The fourth-order valence-electron chi connectivity index (χ4n) is 2.52. The molecule has 0 bridgehead atoms. The van der Waals surface area contributed by atoms with Crippen molar-refractivity contribution in [2.24, 2.45) is 0 Å². The topological polar surface area (TPSA) is 44.4 Å². The van der Waals surface area contributed by atoms with Crippen molar-refractivity contribution in [3.63, 3.8) is 0 Å². The minimum absolute atomic E-state index is 0.204. The fraction of sp³-hybridized carbons (Fsp3) is 0.917. The number of hydrogen-bond acceptors (Lipinski definition) is 3. The molecule has 0 aliphatic carbocycles. The Kier molecular flexibility index (Phi) is 4.60. The van der Waals surface area contributed by atoms with E-state index in [1.807, 2.05) is 0 Å². The van der Waals surface area contributed by atoms with Crippen LogP contribution in [0.5, 0.6) is 0 Å². The monoisotopic (exact) mass is 225 g/mol. The van der Waals surface area contributed by atoms with E-state index in [0.29, 0.717) is 12.5 Å². The summed E-state index contributed by atoms with van der Waals surface area (Å²) < 4.78 is 0. The summed E-state index contributed by atoms with van der Waals surface area (Å²) in [5, 5.41) is 6.43. The normalized spacial score (nSPS) is 27.0.